The van der Waals surface area contributed by atoms with E-state index in [1.165, 1.54) is 0 Å². The molecule has 0 aromatic carbocycles. The van der Waals surface area contributed by atoms with Gasteiger partial charge >= 0.3 is 5.97 Å². The third-order valence-corrected chi connectivity index (χ3v) is 1.28. The van der Waals surface area contributed by atoms with Gasteiger partial charge in [0.15, 0.2) is 0 Å². The Bertz CT molecular complexity index is 227. The van der Waals surface area contributed by atoms with Crippen LogP contribution in [-0.4, -0.2) is 17.7 Å². The van der Waals surface area contributed by atoms with Crippen LogP contribution in [0.5, 0.6) is 0 Å². The maximum atomic E-state index is 10.1. The van der Waals surface area contributed by atoms with Crippen molar-refractivity contribution in [2.45, 2.75) is 13.0 Å². The molecule has 0 atom stereocenters. The highest BCUT2D eigenvalue weighted by molar-refractivity contribution is 5.66. The number of rotatable bonds is 5. The van der Waals surface area contributed by atoms with Gasteiger partial charge < -0.3 is 14.3 Å². The van der Waals surface area contributed by atoms with Crippen molar-refractivity contribution in [1.29, 1.82) is 0 Å². The first-order valence-electron chi connectivity index (χ1n) is 3.61. The maximum Gasteiger partial charge on any atom is 0.305 e. The summed E-state index contributed by atoms with van der Waals surface area (Å²) in [4.78, 5) is 10.1. The van der Waals surface area contributed by atoms with E-state index in [1.807, 2.05) is 0 Å². The second-order valence-corrected chi connectivity index (χ2v) is 2.28. The van der Waals surface area contributed by atoms with E-state index in [4.69, 9.17) is 14.3 Å². The number of aliphatic carboxylic acids is 1. The van der Waals surface area contributed by atoms with Crippen molar-refractivity contribution < 1.29 is 19.1 Å². The van der Waals surface area contributed by atoms with Crippen LogP contribution in [0, 0.1) is 0 Å². The zero-order valence-corrected chi connectivity index (χ0v) is 6.53. The van der Waals surface area contributed by atoms with Crippen LogP contribution >= 0.6 is 0 Å². The molecule has 0 spiro atoms. The lowest BCUT2D eigenvalue weighted by molar-refractivity contribution is -0.138. The minimum Gasteiger partial charge on any atom is -0.481 e. The van der Waals surface area contributed by atoms with Gasteiger partial charge in [-0.05, 0) is 12.1 Å². The molecule has 0 fully saturated rings. The fourth-order valence-corrected chi connectivity index (χ4v) is 0.727. The molecule has 1 heterocycles. The van der Waals surface area contributed by atoms with Crippen LogP contribution in [0.25, 0.3) is 0 Å². The molecule has 1 aromatic rings. The largest absolute Gasteiger partial charge is 0.481 e. The molecule has 4 nitrogen and oxygen atoms in total. The van der Waals surface area contributed by atoms with Gasteiger partial charge in [-0.3, -0.25) is 4.79 Å². The van der Waals surface area contributed by atoms with E-state index >= 15 is 0 Å². The lowest BCUT2D eigenvalue weighted by Crippen LogP contribution is -2.02. The molecule has 1 N–H and O–H groups in total. The summed E-state index contributed by atoms with van der Waals surface area (Å²) in [6, 6.07) is 3.54. The van der Waals surface area contributed by atoms with Gasteiger partial charge in [0.2, 0.25) is 0 Å². The minimum atomic E-state index is -0.852. The summed E-state index contributed by atoms with van der Waals surface area (Å²) >= 11 is 0. The van der Waals surface area contributed by atoms with Crippen LogP contribution in [0.3, 0.4) is 0 Å². The third-order valence-electron chi connectivity index (χ3n) is 1.28. The number of carboxylic acids is 1. The van der Waals surface area contributed by atoms with Crippen molar-refractivity contribution in [2.75, 3.05) is 6.61 Å². The molecule has 0 radical (unpaired) electrons. The predicted molar refractivity (Wildman–Crippen MR) is 40.6 cm³/mol. The van der Waals surface area contributed by atoms with Crippen molar-refractivity contribution in [3.05, 3.63) is 24.2 Å². The van der Waals surface area contributed by atoms with Gasteiger partial charge in [-0.2, -0.15) is 0 Å². The van der Waals surface area contributed by atoms with Gasteiger partial charge in [0, 0.05) is 0 Å². The Labute approximate surface area is 69.8 Å². The van der Waals surface area contributed by atoms with Crippen molar-refractivity contribution in [3.8, 4) is 0 Å². The van der Waals surface area contributed by atoms with Crippen molar-refractivity contribution in [2.24, 2.45) is 0 Å². The number of carboxylic acid groups (broad SMARTS) is 1. The topological polar surface area (TPSA) is 59.7 Å². The molecule has 1 rings (SSSR count). The number of furan rings is 1. The molecule has 0 aliphatic heterocycles. The van der Waals surface area contributed by atoms with Gasteiger partial charge in [0.05, 0.1) is 19.3 Å². The minimum absolute atomic E-state index is 0.0285. The Kier molecular flexibility index (Phi) is 3.35. The Hall–Kier alpha value is -1.29. The fourth-order valence-electron chi connectivity index (χ4n) is 0.727. The lowest BCUT2D eigenvalue weighted by atomic mass is 10.4. The molecular formula is C8H10O4. The zero-order valence-electron chi connectivity index (χ0n) is 6.53. The van der Waals surface area contributed by atoms with E-state index in [9.17, 15) is 4.79 Å². The molecule has 0 unspecified atom stereocenters. The SMILES string of the molecule is O=C(O)CCOCc1ccco1. The molecule has 0 saturated carbocycles. The first kappa shape index (κ1) is 8.80. The predicted octanol–water partition coefficient (Wildman–Crippen LogP) is 1.27. The Balaban J connectivity index is 2.07. The summed E-state index contributed by atoms with van der Waals surface area (Å²) < 4.78 is 9.98. The molecule has 0 aliphatic rings. The normalized spacial score (nSPS) is 10.0. The number of carbonyl (C=O) groups is 1. The first-order valence-corrected chi connectivity index (χ1v) is 3.61. The average molecular weight is 170 g/mol. The van der Waals surface area contributed by atoms with Gasteiger partial charge in [0.1, 0.15) is 12.4 Å². The van der Waals surface area contributed by atoms with E-state index in [2.05, 4.69) is 0 Å². The molecule has 0 bridgehead atoms. The van der Waals surface area contributed by atoms with Crippen LogP contribution in [0.15, 0.2) is 22.8 Å². The maximum absolute atomic E-state index is 10.1. The molecule has 66 valence electrons. The molecule has 0 amide bonds. The van der Waals surface area contributed by atoms with Crippen LogP contribution in [-0.2, 0) is 16.1 Å². The van der Waals surface area contributed by atoms with Gasteiger partial charge in [0.25, 0.3) is 0 Å². The molecule has 0 aliphatic carbocycles. The van der Waals surface area contributed by atoms with Crippen molar-refractivity contribution in [1.82, 2.24) is 0 Å². The van der Waals surface area contributed by atoms with Crippen LogP contribution in [0.1, 0.15) is 12.2 Å². The summed E-state index contributed by atoms with van der Waals surface area (Å²) in [5, 5.41) is 8.27. The Morgan fingerprint density at radius 2 is 2.50 bits per heavy atom. The highest BCUT2D eigenvalue weighted by Gasteiger charge is 1.98. The zero-order chi connectivity index (χ0) is 8.81. The van der Waals surface area contributed by atoms with Gasteiger partial charge in [-0.25, -0.2) is 0 Å². The van der Waals surface area contributed by atoms with Gasteiger partial charge in [-0.15, -0.1) is 0 Å². The lowest BCUT2D eigenvalue weighted by Gasteiger charge is -1.97. The summed E-state index contributed by atoms with van der Waals surface area (Å²) in [7, 11) is 0. The van der Waals surface area contributed by atoms with E-state index in [0.29, 0.717) is 12.4 Å². The highest BCUT2D eigenvalue weighted by atomic mass is 16.5. The Morgan fingerprint density at radius 1 is 1.67 bits per heavy atom. The van der Waals surface area contributed by atoms with E-state index in [0.717, 1.165) is 0 Å². The first-order chi connectivity index (χ1) is 5.79. The molecule has 0 saturated heterocycles. The number of ether oxygens (including phenoxy) is 1. The Morgan fingerprint density at radius 3 is 3.08 bits per heavy atom. The summed E-state index contributed by atoms with van der Waals surface area (Å²) in [5.41, 5.74) is 0. The number of hydrogen-bond donors (Lipinski definition) is 1. The van der Waals surface area contributed by atoms with E-state index in [1.54, 1.807) is 18.4 Å². The quantitative estimate of drug-likeness (QED) is 0.676. The van der Waals surface area contributed by atoms with Crippen LogP contribution in [0.2, 0.25) is 0 Å². The molecule has 4 heteroatoms. The second kappa shape index (κ2) is 4.56. The van der Waals surface area contributed by atoms with E-state index < -0.39 is 5.97 Å². The summed E-state index contributed by atoms with van der Waals surface area (Å²) in [6.45, 7) is 0.552. The van der Waals surface area contributed by atoms with E-state index in [-0.39, 0.29) is 13.0 Å². The standard InChI is InChI=1S/C8H10O4/c9-8(10)3-5-11-6-7-2-1-4-12-7/h1-2,4H,3,5-6H2,(H,9,10). The number of hydrogen-bond acceptors (Lipinski definition) is 3. The smallest absolute Gasteiger partial charge is 0.305 e. The molecule has 12 heavy (non-hydrogen) atoms. The third kappa shape index (κ3) is 3.21. The molecule has 1 aromatic heterocycles. The fraction of sp³-hybridized carbons (Fsp3) is 0.375. The van der Waals surface area contributed by atoms with Crippen LogP contribution in [0.4, 0.5) is 0 Å². The monoisotopic (exact) mass is 170 g/mol. The second-order valence-electron chi connectivity index (χ2n) is 2.28. The van der Waals surface area contributed by atoms with Crippen molar-refractivity contribution >= 4 is 5.97 Å². The van der Waals surface area contributed by atoms with Crippen molar-refractivity contribution in [3.63, 3.8) is 0 Å². The molecular weight excluding hydrogens is 160 g/mol. The van der Waals surface area contributed by atoms with Crippen LogP contribution < -0.4 is 0 Å². The summed E-state index contributed by atoms with van der Waals surface area (Å²) in [5.74, 6) is -0.144. The van der Waals surface area contributed by atoms with Gasteiger partial charge in [-0.1, -0.05) is 0 Å². The average Bonchev–Trinajstić information content (AvgIpc) is 2.49. The highest BCUT2D eigenvalue weighted by Crippen LogP contribution is 2.01. The summed E-state index contributed by atoms with van der Waals surface area (Å²) in [6.07, 6.45) is 1.58.